The Labute approximate surface area is 124 Å². The molecule has 8 heteroatoms. The van der Waals surface area contributed by atoms with E-state index in [2.05, 4.69) is 20.3 Å². The predicted octanol–water partition coefficient (Wildman–Crippen LogP) is 1.08. The van der Waals surface area contributed by atoms with Gasteiger partial charge in [0.25, 0.3) is 0 Å². The Hall–Kier alpha value is -2.11. The van der Waals surface area contributed by atoms with Gasteiger partial charge in [0, 0.05) is 31.0 Å². The highest BCUT2D eigenvalue weighted by Gasteiger charge is 2.13. The number of ether oxygens (including phenoxy) is 1. The summed E-state index contributed by atoms with van der Waals surface area (Å²) in [6.45, 7) is 2.41. The van der Waals surface area contributed by atoms with E-state index in [9.17, 15) is 4.21 Å². The van der Waals surface area contributed by atoms with Gasteiger partial charge in [-0.1, -0.05) is 0 Å². The molecule has 1 N–H and O–H groups in total. The topological polar surface area (TPSA) is 101 Å². The van der Waals surface area contributed by atoms with Gasteiger partial charge in [-0.05, 0) is 13.0 Å². The lowest BCUT2D eigenvalue weighted by Gasteiger charge is -2.15. The van der Waals surface area contributed by atoms with Crippen LogP contribution in [0.15, 0.2) is 17.4 Å². The second kappa shape index (κ2) is 6.56. The van der Waals surface area contributed by atoms with Crippen molar-refractivity contribution in [3.8, 4) is 6.07 Å². The summed E-state index contributed by atoms with van der Waals surface area (Å²) in [4.78, 5) is 12.5. The van der Waals surface area contributed by atoms with E-state index in [1.807, 2.05) is 13.0 Å². The number of anilines is 1. The molecule has 21 heavy (non-hydrogen) atoms. The zero-order valence-corrected chi connectivity index (χ0v) is 12.8. The van der Waals surface area contributed by atoms with Crippen LogP contribution < -0.4 is 5.32 Å². The fourth-order valence-corrected chi connectivity index (χ4v) is 2.27. The van der Waals surface area contributed by atoms with Gasteiger partial charge in [-0.2, -0.15) is 5.26 Å². The van der Waals surface area contributed by atoms with Crippen molar-refractivity contribution in [2.45, 2.75) is 18.1 Å². The number of nitriles is 1. The van der Waals surface area contributed by atoms with Crippen LogP contribution in [0.1, 0.15) is 12.6 Å². The molecule has 0 aliphatic rings. The first-order chi connectivity index (χ1) is 10.0. The molecule has 2 rings (SSSR count). The zero-order chi connectivity index (χ0) is 15.4. The van der Waals surface area contributed by atoms with Crippen LogP contribution in [-0.2, 0) is 15.5 Å². The van der Waals surface area contributed by atoms with Crippen LogP contribution in [-0.4, -0.2) is 45.2 Å². The van der Waals surface area contributed by atoms with Crippen molar-refractivity contribution < 1.29 is 8.95 Å². The number of aromatic nitrogens is 3. The molecule has 0 spiro atoms. The molecule has 0 radical (unpaired) electrons. The molecule has 0 saturated heterocycles. The number of hydrogen-bond donors (Lipinski definition) is 1. The van der Waals surface area contributed by atoms with Crippen molar-refractivity contribution in [1.29, 1.82) is 5.26 Å². The van der Waals surface area contributed by atoms with Crippen LogP contribution >= 0.6 is 0 Å². The summed E-state index contributed by atoms with van der Waals surface area (Å²) in [6.07, 6.45) is 3.06. The van der Waals surface area contributed by atoms with E-state index >= 15 is 0 Å². The highest BCUT2D eigenvalue weighted by Crippen LogP contribution is 2.21. The molecule has 2 atom stereocenters. The molecular weight excluding hydrogens is 290 g/mol. The van der Waals surface area contributed by atoms with E-state index in [1.54, 1.807) is 19.4 Å². The molecule has 1 unspecified atom stereocenters. The monoisotopic (exact) mass is 305 g/mol. The largest absolute Gasteiger partial charge is 0.383 e. The number of fused-ring (bicyclic) bond motifs is 1. The van der Waals surface area contributed by atoms with E-state index in [4.69, 9.17) is 10.00 Å². The smallest absolute Gasteiger partial charge is 0.218 e. The maximum absolute atomic E-state index is 11.5. The molecule has 0 bridgehead atoms. The van der Waals surface area contributed by atoms with Gasteiger partial charge < -0.3 is 10.1 Å². The van der Waals surface area contributed by atoms with E-state index in [0.717, 1.165) is 0 Å². The van der Waals surface area contributed by atoms with E-state index in [-0.39, 0.29) is 16.9 Å². The van der Waals surface area contributed by atoms with Crippen molar-refractivity contribution in [2.24, 2.45) is 0 Å². The Balaban J connectivity index is 2.56. The number of rotatable bonds is 5. The normalized spacial score (nSPS) is 13.6. The van der Waals surface area contributed by atoms with Crippen molar-refractivity contribution >= 4 is 27.5 Å². The molecular formula is C13H15N5O2S. The first kappa shape index (κ1) is 15.3. The van der Waals surface area contributed by atoms with Crippen LogP contribution in [0.2, 0.25) is 0 Å². The highest BCUT2D eigenvalue weighted by molar-refractivity contribution is 7.84. The minimum Gasteiger partial charge on any atom is -0.383 e. The van der Waals surface area contributed by atoms with E-state index in [1.165, 1.54) is 6.26 Å². The Morgan fingerprint density at radius 2 is 2.29 bits per heavy atom. The molecule has 0 fully saturated rings. The van der Waals surface area contributed by atoms with Gasteiger partial charge in [0.05, 0.1) is 17.4 Å². The summed E-state index contributed by atoms with van der Waals surface area (Å²) in [5, 5.41) is 13.1. The van der Waals surface area contributed by atoms with Gasteiger partial charge in [0.15, 0.2) is 5.82 Å². The van der Waals surface area contributed by atoms with Crippen LogP contribution in [0.4, 0.5) is 5.82 Å². The third-order valence-electron chi connectivity index (χ3n) is 2.72. The molecule has 0 amide bonds. The second-order valence-corrected chi connectivity index (χ2v) is 5.79. The van der Waals surface area contributed by atoms with Crippen molar-refractivity contribution in [2.75, 3.05) is 25.3 Å². The summed E-state index contributed by atoms with van der Waals surface area (Å²) in [5.74, 6) is 0.461. The first-order valence-electron chi connectivity index (χ1n) is 6.22. The average Bonchev–Trinajstić information content (AvgIpc) is 2.46. The van der Waals surface area contributed by atoms with Crippen molar-refractivity contribution in [3.05, 3.63) is 18.0 Å². The number of methoxy groups -OCH3 is 1. The quantitative estimate of drug-likeness (QED) is 0.825. The third kappa shape index (κ3) is 3.51. The van der Waals surface area contributed by atoms with Gasteiger partial charge in [0.1, 0.15) is 17.3 Å². The average molecular weight is 305 g/mol. The highest BCUT2D eigenvalue weighted by atomic mass is 32.2. The Morgan fingerprint density at radius 3 is 2.90 bits per heavy atom. The van der Waals surface area contributed by atoms with Gasteiger partial charge in [-0.25, -0.2) is 15.0 Å². The molecule has 0 saturated carbocycles. The van der Waals surface area contributed by atoms with E-state index < -0.39 is 10.8 Å². The van der Waals surface area contributed by atoms with Gasteiger partial charge in [-0.3, -0.25) is 4.21 Å². The summed E-state index contributed by atoms with van der Waals surface area (Å²) in [5.41, 5.74) is 0.806. The van der Waals surface area contributed by atoms with Crippen LogP contribution in [0.25, 0.3) is 10.9 Å². The van der Waals surface area contributed by atoms with Gasteiger partial charge in [-0.15, -0.1) is 0 Å². The summed E-state index contributed by atoms with van der Waals surface area (Å²) >= 11 is 0. The number of hydrogen-bond acceptors (Lipinski definition) is 7. The zero-order valence-electron chi connectivity index (χ0n) is 12.0. The third-order valence-corrected chi connectivity index (χ3v) is 3.43. The fourth-order valence-electron chi connectivity index (χ4n) is 1.84. The molecule has 110 valence electrons. The molecule has 0 aliphatic heterocycles. The van der Waals surface area contributed by atoms with Gasteiger partial charge >= 0.3 is 0 Å². The minimum absolute atomic E-state index is 0.00909. The maximum atomic E-state index is 11.5. The van der Waals surface area contributed by atoms with Crippen LogP contribution in [0.5, 0.6) is 0 Å². The molecule has 2 aromatic heterocycles. The van der Waals surface area contributed by atoms with Crippen molar-refractivity contribution in [1.82, 2.24) is 15.0 Å². The lowest BCUT2D eigenvalue weighted by Crippen LogP contribution is -2.22. The standard InChI is InChI=1S/C13H15N5O2S/c1-8(7-20-2)16-12-11-9(4-10(5-14)17-12)6-15-13(18-11)21(3)19/h4,6,8H,7H2,1-3H3,(H,16,17)/t8-,21?/m1/s1. The number of nitrogens with zero attached hydrogens (tertiary/aromatic N) is 4. The molecule has 2 aromatic rings. The van der Waals surface area contributed by atoms with Gasteiger partial charge in [0.2, 0.25) is 5.16 Å². The molecule has 2 heterocycles. The number of nitrogens with one attached hydrogen (secondary N) is 1. The lowest BCUT2D eigenvalue weighted by atomic mass is 10.2. The van der Waals surface area contributed by atoms with Crippen LogP contribution in [0.3, 0.4) is 0 Å². The maximum Gasteiger partial charge on any atom is 0.218 e. The SMILES string of the molecule is COC[C@@H](C)Nc1nc(C#N)cc2cnc(S(C)=O)nc12. The summed E-state index contributed by atoms with van der Waals surface area (Å²) < 4.78 is 16.6. The Bertz CT molecular complexity index is 728. The Morgan fingerprint density at radius 1 is 1.52 bits per heavy atom. The Kier molecular flexibility index (Phi) is 4.77. The predicted molar refractivity (Wildman–Crippen MR) is 79.3 cm³/mol. The van der Waals surface area contributed by atoms with E-state index in [0.29, 0.717) is 23.3 Å². The van der Waals surface area contributed by atoms with Crippen LogP contribution in [0, 0.1) is 11.3 Å². The summed E-state index contributed by atoms with van der Waals surface area (Å²) in [7, 11) is 0.323. The second-order valence-electron chi connectivity index (χ2n) is 4.51. The first-order valence-corrected chi connectivity index (χ1v) is 7.77. The fraction of sp³-hybridized carbons (Fsp3) is 0.385. The summed E-state index contributed by atoms with van der Waals surface area (Å²) in [6, 6.07) is 3.60. The minimum atomic E-state index is -1.28. The number of pyridine rings is 1. The molecule has 0 aromatic carbocycles. The lowest BCUT2D eigenvalue weighted by molar-refractivity contribution is 0.190. The van der Waals surface area contributed by atoms with Crippen molar-refractivity contribution in [3.63, 3.8) is 0 Å². The molecule has 7 nitrogen and oxygen atoms in total. The molecule has 0 aliphatic carbocycles.